The van der Waals surface area contributed by atoms with Gasteiger partial charge in [-0.05, 0) is 12.1 Å². The van der Waals surface area contributed by atoms with E-state index in [2.05, 4.69) is 15.3 Å². The highest BCUT2D eigenvalue weighted by atomic mass is 35.5. The molecule has 3 rings (SSSR count). The van der Waals surface area contributed by atoms with Gasteiger partial charge in [0.25, 0.3) is 0 Å². The van der Waals surface area contributed by atoms with Gasteiger partial charge in [-0.15, -0.1) is 12.4 Å². The van der Waals surface area contributed by atoms with Crippen LogP contribution in [0.25, 0.3) is 11.0 Å². The SMILES string of the molecule is Cl.O=C1CNCCN1Cc1nc2c(C(F)(F)F)cc(C(F)(F)F)cc2[nH]1. The topological polar surface area (TPSA) is 61.0 Å². The van der Waals surface area contributed by atoms with E-state index in [-0.39, 0.29) is 48.8 Å². The van der Waals surface area contributed by atoms with Crippen LogP contribution in [0.3, 0.4) is 0 Å². The Morgan fingerprint density at radius 1 is 1.12 bits per heavy atom. The second-order valence-corrected chi connectivity index (χ2v) is 5.59. The summed E-state index contributed by atoms with van der Waals surface area (Å²) >= 11 is 0. The third-order valence-corrected chi connectivity index (χ3v) is 3.80. The molecule has 5 nitrogen and oxygen atoms in total. The summed E-state index contributed by atoms with van der Waals surface area (Å²) in [5, 5.41) is 2.83. The number of fused-ring (bicyclic) bond motifs is 1. The fourth-order valence-electron chi connectivity index (χ4n) is 2.62. The summed E-state index contributed by atoms with van der Waals surface area (Å²) in [6, 6.07) is 0.629. The van der Waals surface area contributed by atoms with Crippen molar-refractivity contribution >= 4 is 29.3 Å². The average Bonchev–Trinajstić information content (AvgIpc) is 2.88. The number of nitrogens with zero attached hydrogens (tertiary/aromatic N) is 2. The number of hydrogen-bond acceptors (Lipinski definition) is 3. The maximum Gasteiger partial charge on any atom is 0.418 e. The van der Waals surface area contributed by atoms with Gasteiger partial charge in [-0.25, -0.2) is 4.98 Å². The van der Waals surface area contributed by atoms with Gasteiger partial charge in [-0.2, -0.15) is 26.3 Å². The fraction of sp³-hybridized carbons (Fsp3) is 0.429. The van der Waals surface area contributed by atoms with Gasteiger partial charge < -0.3 is 15.2 Å². The van der Waals surface area contributed by atoms with Crippen LogP contribution in [-0.4, -0.2) is 40.4 Å². The standard InChI is InChI=1S/C14H12F6N4O.ClH/c15-13(16,17)7-3-8(14(18,19)20)12-9(4-7)22-10(23-12)6-24-2-1-21-5-11(24)25;/h3-4,21H,1-2,5-6H2,(H,22,23);1H. The smallest absolute Gasteiger partial charge is 0.340 e. The Labute approximate surface area is 149 Å². The summed E-state index contributed by atoms with van der Waals surface area (Å²) in [6.07, 6.45) is -9.91. The van der Waals surface area contributed by atoms with E-state index in [0.29, 0.717) is 19.2 Å². The van der Waals surface area contributed by atoms with Crippen LogP contribution in [0.4, 0.5) is 26.3 Å². The Kier molecular flexibility index (Phi) is 5.43. The van der Waals surface area contributed by atoms with Crippen LogP contribution in [0.1, 0.15) is 17.0 Å². The quantitative estimate of drug-likeness (QED) is 0.759. The van der Waals surface area contributed by atoms with E-state index in [4.69, 9.17) is 0 Å². The van der Waals surface area contributed by atoms with Crippen molar-refractivity contribution in [3.8, 4) is 0 Å². The zero-order valence-corrected chi connectivity index (χ0v) is 13.8. The first-order valence-corrected chi connectivity index (χ1v) is 7.21. The molecule has 1 aliphatic rings. The number of imidazole rings is 1. The van der Waals surface area contributed by atoms with Gasteiger partial charge in [0.15, 0.2) is 0 Å². The largest absolute Gasteiger partial charge is 0.418 e. The molecule has 0 radical (unpaired) electrons. The normalized spacial score (nSPS) is 16.1. The van der Waals surface area contributed by atoms with E-state index in [9.17, 15) is 31.1 Å². The molecule has 1 saturated heterocycles. The second kappa shape index (κ2) is 6.95. The third-order valence-electron chi connectivity index (χ3n) is 3.80. The molecule has 0 unspecified atom stereocenters. The van der Waals surface area contributed by atoms with E-state index in [1.165, 1.54) is 4.90 Å². The lowest BCUT2D eigenvalue weighted by Gasteiger charge is -2.26. The first-order valence-electron chi connectivity index (χ1n) is 7.21. The molecule has 0 saturated carbocycles. The van der Waals surface area contributed by atoms with Crippen molar-refractivity contribution in [2.75, 3.05) is 19.6 Å². The number of carbonyl (C=O) groups is 1. The number of H-pyrrole nitrogens is 1. The number of benzene rings is 1. The summed E-state index contributed by atoms with van der Waals surface area (Å²) in [4.78, 5) is 19.3. The van der Waals surface area contributed by atoms with Crippen molar-refractivity contribution in [3.05, 3.63) is 29.1 Å². The minimum Gasteiger partial charge on any atom is -0.340 e. The van der Waals surface area contributed by atoms with Crippen molar-refractivity contribution in [1.82, 2.24) is 20.2 Å². The number of amides is 1. The number of aromatic amines is 1. The second-order valence-electron chi connectivity index (χ2n) is 5.59. The van der Waals surface area contributed by atoms with Gasteiger partial charge in [-0.3, -0.25) is 4.79 Å². The Hall–Kier alpha value is -2.01. The summed E-state index contributed by atoms with van der Waals surface area (Å²) in [6.45, 7) is 0.827. The van der Waals surface area contributed by atoms with E-state index in [1.54, 1.807) is 0 Å². The molecular weight excluding hydrogens is 390 g/mol. The third kappa shape index (κ3) is 4.04. The summed E-state index contributed by atoms with van der Waals surface area (Å²) in [7, 11) is 0. The molecule has 26 heavy (non-hydrogen) atoms. The number of halogens is 7. The molecular formula is C14H13ClF6N4O. The molecule has 0 aliphatic carbocycles. The van der Waals surface area contributed by atoms with Crippen LogP contribution in [0.15, 0.2) is 12.1 Å². The highest BCUT2D eigenvalue weighted by Gasteiger charge is 2.39. The molecule has 1 fully saturated rings. The van der Waals surface area contributed by atoms with Crippen LogP contribution in [0, 0.1) is 0 Å². The predicted molar refractivity (Wildman–Crippen MR) is 81.6 cm³/mol. The van der Waals surface area contributed by atoms with E-state index < -0.39 is 29.0 Å². The summed E-state index contributed by atoms with van der Waals surface area (Å²) in [5.41, 5.74) is -3.86. The zero-order valence-electron chi connectivity index (χ0n) is 13.0. The molecule has 12 heteroatoms. The number of carbonyl (C=O) groups excluding carboxylic acids is 1. The molecule has 1 aliphatic heterocycles. The van der Waals surface area contributed by atoms with Crippen molar-refractivity contribution in [3.63, 3.8) is 0 Å². The molecule has 2 heterocycles. The summed E-state index contributed by atoms with van der Waals surface area (Å²) in [5.74, 6) is -0.270. The van der Waals surface area contributed by atoms with Crippen LogP contribution < -0.4 is 5.32 Å². The first-order chi connectivity index (χ1) is 11.6. The summed E-state index contributed by atoms with van der Waals surface area (Å²) < 4.78 is 77.9. The average molecular weight is 403 g/mol. The molecule has 1 aromatic heterocycles. The van der Waals surface area contributed by atoms with Gasteiger partial charge in [0.2, 0.25) is 5.91 Å². The monoisotopic (exact) mass is 402 g/mol. The van der Waals surface area contributed by atoms with Crippen molar-refractivity contribution in [2.45, 2.75) is 18.9 Å². The lowest BCUT2D eigenvalue weighted by molar-refractivity contribution is -0.142. The molecule has 0 bridgehead atoms. The number of aromatic nitrogens is 2. The van der Waals surface area contributed by atoms with E-state index in [0.717, 1.165) is 0 Å². The first kappa shape index (κ1) is 20.3. The lowest BCUT2D eigenvalue weighted by atomic mass is 10.1. The minimum atomic E-state index is -4.99. The molecule has 1 amide bonds. The van der Waals surface area contributed by atoms with E-state index in [1.807, 2.05) is 0 Å². The van der Waals surface area contributed by atoms with Crippen LogP contribution in [0.2, 0.25) is 0 Å². The molecule has 0 atom stereocenters. The maximum absolute atomic E-state index is 13.1. The molecule has 0 spiro atoms. The lowest BCUT2D eigenvalue weighted by Crippen LogP contribution is -2.47. The minimum absolute atomic E-state index is 0. The highest BCUT2D eigenvalue weighted by molar-refractivity contribution is 5.85. The van der Waals surface area contributed by atoms with Crippen LogP contribution in [0.5, 0.6) is 0 Å². The van der Waals surface area contributed by atoms with Crippen molar-refractivity contribution in [1.29, 1.82) is 0 Å². The Morgan fingerprint density at radius 2 is 1.81 bits per heavy atom. The van der Waals surface area contributed by atoms with Crippen molar-refractivity contribution in [2.24, 2.45) is 0 Å². The van der Waals surface area contributed by atoms with Crippen LogP contribution >= 0.6 is 12.4 Å². The van der Waals surface area contributed by atoms with Gasteiger partial charge in [0.05, 0.1) is 29.7 Å². The number of rotatable bonds is 2. The predicted octanol–water partition coefficient (Wildman–Crippen LogP) is 2.95. The highest BCUT2D eigenvalue weighted by Crippen LogP contribution is 2.39. The number of nitrogens with one attached hydrogen (secondary N) is 2. The molecule has 2 aromatic rings. The van der Waals surface area contributed by atoms with Crippen LogP contribution in [-0.2, 0) is 23.7 Å². The van der Waals surface area contributed by atoms with Gasteiger partial charge >= 0.3 is 12.4 Å². The van der Waals surface area contributed by atoms with Gasteiger partial charge in [0.1, 0.15) is 11.3 Å². The van der Waals surface area contributed by atoms with E-state index >= 15 is 0 Å². The zero-order chi connectivity index (χ0) is 18.4. The Balaban J connectivity index is 0.00000243. The number of hydrogen-bond donors (Lipinski definition) is 2. The Bertz CT molecular complexity index is 816. The fourth-order valence-corrected chi connectivity index (χ4v) is 2.62. The molecule has 144 valence electrons. The molecule has 1 aromatic carbocycles. The van der Waals surface area contributed by atoms with Gasteiger partial charge in [-0.1, -0.05) is 0 Å². The maximum atomic E-state index is 13.1. The number of piperazine rings is 1. The van der Waals surface area contributed by atoms with Crippen molar-refractivity contribution < 1.29 is 31.1 Å². The Morgan fingerprint density at radius 3 is 2.38 bits per heavy atom. The van der Waals surface area contributed by atoms with Gasteiger partial charge in [0, 0.05) is 13.1 Å². The molecule has 2 N–H and O–H groups in total. The number of alkyl halides is 6.